The second-order valence-corrected chi connectivity index (χ2v) is 5.43. The van der Waals surface area contributed by atoms with Crippen molar-refractivity contribution in [2.45, 2.75) is 18.8 Å². The van der Waals surface area contributed by atoms with Crippen molar-refractivity contribution in [3.63, 3.8) is 0 Å². The van der Waals surface area contributed by atoms with Crippen molar-refractivity contribution in [3.05, 3.63) is 30.2 Å². The maximum atomic E-state index is 12.3. The molecule has 1 aromatic carbocycles. The summed E-state index contributed by atoms with van der Waals surface area (Å²) in [6.07, 6.45) is 0.676. The third kappa shape index (κ3) is 2.07. The summed E-state index contributed by atoms with van der Waals surface area (Å²) in [6, 6.07) is 7.45. The summed E-state index contributed by atoms with van der Waals surface area (Å²) < 4.78 is 10.7. The third-order valence-electron chi connectivity index (χ3n) is 4.01. The van der Waals surface area contributed by atoms with Crippen LogP contribution in [-0.2, 0) is 10.2 Å². The summed E-state index contributed by atoms with van der Waals surface area (Å²) in [6.45, 7) is 2.54. The minimum Gasteiger partial charge on any atom is -0.496 e. The van der Waals surface area contributed by atoms with Crippen molar-refractivity contribution in [3.8, 4) is 17.1 Å². The van der Waals surface area contributed by atoms with Gasteiger partial charge in [-0.15, -0.1) is 0 Å². The lowest BCUT2D eigenvalue weighted by molar-refractivity contribution is -0.131. The van der Waals surface area contributed by atoms with Gasteiger partial charge in [-0.3, -0.25) is 4.79 Å². The van der Waals surface area contributed by atoms with E-state index in [9.17, 15) is 4.79 Å². The predicted octanol–water partition coefficient (Wildman–Crippen LogP) is 1.86. The van der Waals surface area contributed by atoms with Gasteiger partial charge in [0, 0.05) is 13.6 Å². The number of hydrogen-bond donors (Lipinski definition) is 0. The van der Waals surface area contributed by atoms with E-state index in [0.717, 1.165) is 5.56 Å². The zero-order chi connectivity index (χ0) is 15.0. The molecule has 0 bridgehead atoms. The van der Waals surface area contributed by atoms with Crippen LogP contribution in [0.25, 0.3) is 11.4 Å². The van der Waals surface area contributed by atoms with Gasteiger partial charge in [-0.25, -0.2) is 0 Å². The zero-order valence-corrected chi connectivity index (χ0v) is 12.3. The third-order valence-corrected chi connectivity index (χ3v) is 4.01. The van der Waals surface area contributed by atoms with E-state index in [1.807, 2.05) is 31.2 Å². The lowest BCUT2D eigenvalue weighted by Crippen LogP contribution is -2.33. The Hall–Kier alpha value is -2.37. The molecule has 1 unspecified atom stereocenters. The van der Waals surface area contributed by atoms with Crippen LogP contribution in [0, 0.1) is 0 Å². The van der Waals surface area contributed by atoms with Crippen molar-refractivity contribution >= 4 is 5.91 Å². The van der Waals surface area contributed by atoms with E-state index < -0.39 is 5.41 Å². The molecule has 1 aliphatic heterocycles. The van der Waals surface area contributed by atoms with Gasteiger partial charge in [-0.2, -0.15) is 4.98 Å². The molecule has 1 aromatic heterocycles. The van der Waals surface area contributed by atoms with E-state index in [0.29, 0.717) is 30.4 Å². The average Bonchev–Trinajstić information content (AvgIpc) is 3.10. The number of ether oxygens (including phenoxy) is 1. The first kappa shape index (κ1) is 13.6. The molecular weight excluding hydrogens is 270 g/mol. The van der Waals surface area contributed by atoms with E-state index in [2.05, 4.69) is 10.1 Å². The lowest BCUT2D eigenvalue weighted by atomic mass is 9.89. The Bertz CT molecular complexity index is 682. The summed E-state index contributed by atoms with van der Waals surface area (Å²) in [5, 5.41) is 4.01. The number of hydrogen-bond acceptors (Lipinski definition) is 5. The monoisotopic (exact) mass is 287 g/mol. The summed E-state index contributed by atoms with van der Waals surface area (Å²) in [4.78, 5) is 18.4. The van der Waals surface area contributed by atoms with Gasteiger partial charge in [0.05, 0.1) is 12.7 Å². The summed E-state index contributed by atoms with van der Waals surface area (Å²) in [5.41, 5.74) is 0.0135. The molecule has 21 heavy (non-hydrogen) atoms. The quantitative estimate of drug-likeness (QED) is 0.862. The minimum absolute atomic E-state index is 0.0118. The highest BCUT2D eigenvalue weighted by Gasteiger charge is 2.47. The average molecular weight is 287 g/mol. The Kier molecular flexibility index (Phi) is 3.16. The molecule has 1 atom stereocenters. The summed E-state index contributed by atoms with van der Waals surface area (Å²) in [7, 11) is 3.38. The molecule has 1 saturated heterocycles. The number of aromatic nitrogens is 2. The maximum absolute atomic E-state index is 12.3. The van der Waals surface area contributed by atoms with Crippen LogP contribution in [0.5, 0.6) is 5.75 Å². The number of carbonyl (C=O) groups excluding carboxylic acids is 1. The van der Waals surface area contributed by atoms with Crippen LogP contribution in [0.2, 0.25) is 0 Å². The van der Waals surface area contributed by atoms with Crippen LogP contribution in [-0.4, -0.2) is 41.6 Å². The predicted molar refractivity (Wildman–Crippen MR) is 75.9 cm³/mol. The molecule has 1 amide bonds. The van der Waals surface area contributed by atoms with Crippen molar-refractivity contribution in [2.75, 3.05) is 20.7 Å². The number of rotatable bonds is 3. The van der Waals surface area contributed by atoms with Crippen LogP contribution in [0.3, 0.4) is 0 Å². The van der Waals surface area contributed by atoms with E-state index in [4.69, 9.17) is 9.26 Å². The van der Waals surface area contributed by atoms with Crippen LogP contribution in [0.4, 0.5) is 0 Å². The van der Waals surface area contributed by atoms with E-state index in [1.54, 1.807) is 19.1 Å². The van der Waals surface area contributed by atoms with Crippen LogP contribution in [0.1, 0.15) is 19.2 Å². The molecule has 0 N–H and O–H groups in total. The number of amides is 1. The first-order valence-corrected chi connectivity index (χ1v) is 6.79. The number of carbonyl (C=O) groups is 1. The molecule has 0 aliphatic carbocycles. The molecule has 0 saturated carbocycles. The van der Waals surface area contributed by atoms with Crippen molar-refractivity contribution in [2.24, 2.45) is 0 Å². The van der Waals surface area contributed by atoms with Crippen LogP contribution in [0.15, 0.2) is 28.8 Å². The van der Waals surface area contributed by atoms with Crippen molar-refractivity contribution in [1.82, 2.24) is 15.0 Å². The SMILES string of the molecule is COc1ccccc1-c1noc(C2(C)CCN(C)C2=O)n1. The zero-order valence-electron chi connectivity index (χ0n) is 12.3. The first-order valence-electron chi connectivity index (χ1n) is 6.79. The molecule has 1 fully saturated rings. The Morgan fingerprint density at radius 2 is 2.14 bits per heavy atom. The van der Waals surface area contributed by atoms with Gasteiger partial charge in [-0.1, -0.05) is 17.3 Å². The molecule has 3 rings (SSSR count). The van der Waals surface area contributed by atoms with E-state index in [1.165, 1.54) is 0 Å². The Morgan fingerprint density at radius 1 is 1.38 bits per heavy atom. The fourth-order valence-corrected chi connectivity index (χ4v) is 2.61. The van der Waals surface area contributed by atoms with E-state index >= 15 is 0 Å². The molecule has 2 aromatic rings. The topological polar surface area (TPSA) is 68.5 Å². The van der Waals surface area contributed by atoms with Gasteiger partial charge in [0.25, 0.3) is 0 Å². The number of benzene rings is 1. The maximum Gasteiger partial charge on any atom is 0.242 e. The fraction of sp³-hybridized carbons (Fsp3) is 0.400. The number of methoxy groups -OCH3 is 1. The van der Waals surface area contributed by atoms with Gasteiger partial charge in [0.2, 0.25) is 17.6 Å². The van der Waals surface area contributed by atoms with E-state index in [-0.39, 0.29) is 5.91 Å². The number of likely N-dealkylation sites (N-methyl/N-ethyl adjacent to an activating group) is 1. The smallest absolute Gasteiger partial charge is 0.242 e. The van der Waals surface area contributed by atoms with Gasteiger partial charge < -0.3 is 14.2 Å². The van der Waals surface area contributed by atoms with Crippen LogP contribution >= 0.6 is 0 Å². The molecule has 0 spiro atoms. The standard InChI is InChI=1S/C15H17N3O3/c1-15(8-9-18(2)14(15)19)13-16-12(17-21-13)10-6-4-5-7-11(10)20-3/h4-7H,8-9H2,1-3H3. The Morgan fingerprint density at radius 3 is 2.81 bits per heavy atom. The van der Waals surface area contributed by atoms with Crippen molar-refractivity contribution < 1.29 is 14.1 Å². The molecule has 2 heterocycles. The van der Waals surface area contributed by atoms with Gasteiger partial charge in [0.1, 0.15) is 11.2 Å². The Balaban J connectivity index is 1.99. The second-order valence-electron chi connectivity index (χ2n) is 5.43. The van der Waals surface area contributed by atoms with Gasteiger partial charge in [0.15, 0.2) is 0 Å². The molecule has 110 valence electrons. The highest BCUT2D eigenvalue weighted by atomic mass is 16.5. The highest BCUT2D eigenvalue weighted by Crippen LogP contribution is 2.35. The summed E-state index contributed by atoms with van der Waals surface area (Å²) >= 11 is 0. The second kappa shape index (κ2) is 4.87. The fourth-order valence-electron chi connectivity index (χ4n) is 2.61. The number of nitrogens with zero attached hydrogens (tertiary/aromatic N) is 3. The Labute approximate surface area is 122 Å². The molecule has 0 radical (unpaired) electrons. The minimum atomic E-state index is -0.734. The lowest BCUT2D eigenvalue weighted by Gasteiger charge is -2.16. The number of para-hydroxylation sites is 1. The largest absolute Gasteiger partial charge is 0.496 e. The van der Waals surface area contributed by atoms with Crippen LogP contribution < -0.4 is 4.74 Å². The normalized spacial score (nSPS) is 21.9. The molecule has 6 nitrogen and oxygen atoms in total. The van der Waals surface area contributed by atoms with Crippen molar-refractivity contribution in [1.29, 1.82) is 0 Å². The first-order chi connectivity index (χ1) is 10.1. The molecule has 6 heteroatoms. The van der Waals surface area contributed by atoms with Gasteiger partial charge >= 0.3 is 0 Å². The number of likely N-dealkylation sites (tertiary alicyclic amines) is 1. The summed E-state index contributed by atoms with van der Waals surface area (Å²) in [5.74, 6) is 1.48. The molecule has 1 aliphatic rings. The molecular formula is C15H17N3O3. The van der Waals surface area contributed by atoms with Gasteiger partial charge in [-0.05, 0) is 25.5 Å². The highest BCUT2D eigenvalue weighted by molar-refractivity contribution is 5.88.